The fourth-order valence-corrected chi connectivity index (χ4v) is 3.20. The molecule has 1 aromatic heterocycles. The van der Waals surface area contributed by atoms with E-state index in [2.05, 4.69) is 4.98 Å². The number of hydrogen-bond donors (Lipinski definition) is 0. The first-order valence-corrected chi connectivity index (χ1v) is 9.18. The third-order valence-corrected chi connectivity index (χ3v) is 5.02. The predicted molar refractivity (Wildman–Crippen MR) is 100 cm³/mol. The van der Waals surface area contributed by atoms with Crippen molar-refractivity contribution in [3.8, 4) is 11.3 Å². The van der Waals surface area contributed by atoms with Crippen LogP contribution in [0.4, 0.5) is 4.39 Å². The summed E-state index contributed by atoms with van der Waals surface area (Å²) in [5, 5.41) is 0.415. The van der Waals surface area contributed by atoms with Crippen LogP contribution in [0, 0.1) is 5.82 Å². The molecule has 6 heteroatoms. The summed E-state index contributed by atoms with van der Waals surface area (Å²) in [5.41, 5.74) is 1.83. The highest BCUT2D eigenvalue weighted by molar-refractivity contribution is 7.99. The number of nitrogens with zero attached hydrogens (tertiary/aromatic N) is 2. The summed E-state index contributed by atoms with van der Waals surface area (Å²) >= 11 is 1.25. The molecule has 3 aromatic rings. The maximum atomic E-state index is 13.0. The first-order valence-electron chi connectivity index (χ1n) is 8.20. The number of carbonyl (C=O) groups excluding carboxylic acids is 1. The van der Waals surface area contributed by atoms with E-state index in [4.69, 9.17) is 4.42 Å². The molecule has 0 radical (unpaired) electrons. The molecule has 0 N–H and O–H groups in total. The van der Waals surface area contributed by atoms with Crippen molar-refractivity contribution in [3.63, 3.8) is 0 Å². The Morgan fingerprint density at radius 3 is 2.58 bits per heavy atom. The highest BCUT2D eigenvalue weighted by Crippen LogP contribution is 2.26. The molecule has 0 aliphatic carbocycles. The zero-order valence-electron chi connectivity index (χ0n) is 14.6. The van der Waals surface area contributed by atoms with Gasteiger partial charge < -0.3 is 9.32 Å². The Labute approximate surface area is 156 Å². The first kappa shape index (κ1) is 18.2. The molecule has 1 heterocycles. The molecule has 134 valence electrons. The standard InChI is InChI=1S/C20H19FN2O2S/c1-14(15-6-4-3-5-7-15)23(2)19(24)13-26-20-22-12-18(25-20)16-8-10-17(21)11-9-16/h3-12,14H,13H2,1-2H3. The molecule has 0 saturated heterocycles. The van der Waals surface area contributed by atoms with Crippen LogP contribution in [-0.2, 0) is 4.79 Å². The van der Waals surface area contributed by atoms with E-state index in [9.17, 15) is 9.18 Å². The van der Waals surface area contributed by atoms with Gasteiger partial charge in [0.05, 0.1) is 18.0 Å². The molecule has 2 aromatic carbocycles. The van der Waals surface area contributed by atoms with Crippen LogP contribution in [0.3, 0.4) is 0 Å². The van der Waals surface area contributed by atoms with E-state index in [-0.39, 0.29) is 23.5 Å². The topological polar surface area (TPSA) is 46.3 Å². The number of halogens is 1. The number of aromatic nitrogens is 1. The molecule has 1 unspecified atom stereocenters. The average molecular weight is 370 g/mol. The van der Waals surface area contributed by atoms with Gasteiger partial charge in [0, 0.05) is 12.6 Å². The molecule has 0 bridgehead atoms. The average Bonchev–Trinajstić information content (AvgIpc) is 3.15. The highest BCUT2D eigenvalue weighted by Gasteiger charge is 2.18. The fourth-order valence-electron chi connectivity index (χ4n) is 2.47. The van der Waals surface area contributed by atoms with E-state index in [0.29, 0.717) is 11.0 Å². The Morgan fingerprint density at radius 1 is 1.19 bits per heavy atom. The van der Waals surface area contributed by atoms with Crippen molar-refractivity contribution in [3.05, 3.63) is 72.2 Å². The summed E-state index contributed by atoms with van der Waals surface area (Å²) in [5.74, 6) is 0.472. The van der Waals surface area contributed by atoms with Gasteiger partial charge in [-0.1, -0.05) is 42.1 Å². The summed E-state index contributed by atoms with van der Waals surface area (Å²) < 4.78 is 18.6. The molecule has 1 atom stereocenters. The van der Waals surface area contributed by atoms with Crippen molar-refractivity contribution in [1.29, 1.82) is 0 Å². The van der Waals surface area contributed by atoms with Gasteiger partial charge in [-0.05, 0) is 36.8 Å². The summed E-state index contributed by atoms with van der Waals surface area (Å²) in [7, 11) is 1.79. The normalized spacial score (nSPS) is 12.0. The number of oxazole rings is 1. The number of carbonyl (C=O) groups is 1. The number of benzene rings is 2. The summed E-state index contributed by atoms with van der Waals surface area (Å²) in [6, 6.07) is 15.9. The summed E-state index contributed by atoms with van der Waals surface area (Å²) in [6.07, 6.45) is 1.58. The molecular formula is C20H19FN2O2S. The molecule has 0 aliphatic heterocycles. The van der Waals surface area contributed by atoms with Gasteiger partial charge in [0.2, 0.25) is 5.91 Å². The second-order valence-electron chi connectivity index (χ2n) is 5.88. The molecule has 0 spiro atoms. The van der Waals surface area contributed by atoms with E-state index < -0.39 is 0 Å². The van der Waals surface area contributed by atoms with Crippen molar-refractivity contribution in [2.45, 2.75) is 18.2 Å². The van der Waals surface area contributed by atoms with E-state index in [0.717, 1.165) is 11.1 Å². The fraction of sp³-hybridized carbons (Fsp3) is 0.200. The lowest BCUT2D eigenvalue weighted by atomic mass is 10.1. The largest absolute Gasteiger partial charge is 0.431 e. The second kappa shape index (κ2) is 8.19. The molecule has 4 nitrogen and oxygen atoms in total. The van der Waals surface area contributed by atoms with Gasteiger partial charge in [-0.2, -0.15) is 0 Å². The van der Waals surface area contributed by atoms with Crippen molar-refractivity contribution in [2.75, 3.05) is 12.8 Å². The van der Waals surface area contributed by atoms with Gasteiger partial charge in [0.1, 0.15) is 5.82 Å². The molecule has 0 saturated carbocycles. The van der Waals surface area contributed by atoms with Gasteiger partial charge in [0.25, 0.3) is 5.22 Å². The number of rotatable bonds is 6. The SMILES string of the molecule is CC(c1ccccc1)N(C)C(=O)CSc1ncc(-c2ccc(F)cc2)o1. The van der Waals surface area contributed by atoms with Crippen LogP contribution < -0.4 is 0 Å². The van der Waals surface area contributed by atoms with E-state index in [1.54, 1.807) is 30.3 Å². The third kappa shape index (κ3) is 4.32. The zero-order valence-corrected chi connectivity index (χ0v) is 15.4. The van der Waals surface area contributed by atoms with Crippen LogP contribution in [0.2, 0.25) is 0 Å². The minimum absolute atomic E-state index is 0.00659. The van der Waals surface area contributed by atoms with Crippen LogP contribution in [0.25, 0.3) is 11.3 Å². The molecule has 1 amide bonds. The van der Waals surface area contributed by atoms with Crippen LogP contribution >= 0.6 is 11.8 Å². The number of thioether (sulfide) groups is 1. The van der Waals surface area contributed by atoms with Gasteiger partial charge in [-0.3, -0.25) is 4.79 Å². The lowest BCUT2D eigenvalue weighted by Crippen LogP contribution is -2.31. The van der Waals surface area contributed by atoms with Gasteiger partial charge in [-0.25, -0.2) is 9.37 Å². The smallest absolute Gasteiger partial charge is 0.256 e. The lowest BCUT2D eigenvalue weighted by molar-refractivity contribution is -0.128. The second-order valence-corrected chi connectivity index (χ2v) is 6.80. The maximum absolute atomic E-state index is 13.0. The van der Waals surface area contributed by atoms with Crippen LogP contribution in [0.15, 0.2) is 70.4 Å². The van der Waals surface area contributed by atoms with E-state index >= 15 is 0 Å². The Bertz CT molecular complexity index is 865. The molecule has 26 heavy (non-hydrogen) atoms. The minimum Gasteiger partial charge on any atom is -0.431 e. The van der Waals surface area contributed by atoms with Crippen molar-refractivity contribution in [2.24, 2.45) is 0 Å². The number of hydrogen-bond acceptors (Lipinski definition) is 4. The first-order chi connectivity index (χ1) is 12.5. The Hall–Kier alpha value is -2.60. The van der Waals surface area contributed by atoms with Gasteiger partial charge >= 0.3 is 0 Å². The lowest BCUT2D eigenvalue weighted by Gasteiger charge is -2.25. The van der Waals surface area contributed by atoms with Gasteiger partial charge in [-0.15, -0.1) is 0 Å². The van der Waals surface area contributed by atoms with Crippen LogP contribution in [0.1, 0.15) is 18.5 Å². The Morgan fingerprint density at radius 2 is 1.88 bits per heavy atom. The summed E-state index contributed by atoms with van der Waals surface area (Å²) in [6.45, 7) is 2.00. The van der Waals surface area contributed by atoms with Crippen molar-refractivity contribution >= 4 is 17.7 Å². The predicted octanol–water partition coefficient (Wildman–Crippen LogP) is 4.79. The third-order valence-electron chi connectivity index (χ3n) is 4.19. The zero-order chi connectivity index (χ0) is 18.5. The Kier molecular flexibility index (Phi) is 5.73. The molecule has 0 aliphatic rings. The number of amides is 1. The quantitative estimate of drug-likeness (QED) is 0.585. The highest BCUT2D eigenvalue weighted by atomic mass is 32.2. The van der Waals surface area contributed by atoms with Crippen molar-refractivity contribution < 1.29 is 13.6 Å². The monoisotopic (exact) mass is 370 g/mol. The maximum Gasteiger partial charge on any atom is 0.256 e. The molecule has 0 fully saturated rings. The van der Waals surface area contributed by atoms with Gasteiger partial charge in [0.15, 0.2) is 5.76 Å². The van der Waals surface area contributed by atoms with Crippen LogP contribution in [0.5, 0.6) is 0 Å². The van der Waals surface area contributed by atoms with Crippen LogP contribution in [-0.4, -0.2) is 28.6 Å². The molecule has 3 rings (SSSR count). The minimum atomic E-state index is -0.302. The molecular weight excluding hydrogens is 351 g/mol. The summed E-state index contributed by atoms with van der Waals surface area (Å²) in [4.78, 5) is 18.3. The van der Waals surface area contributed by atoms with E-state index in [1.807, 2.05) is 37.3 Å². The van der Waals surface area contributed by atoms with E-state index in [1.165, 1.54) is 23.9 Å². The van der Waals surface area contributed by atoms with Crippen molar-refractivity contribution in [1.82, 2.24) is 9.88 Å². The Balaban J connectivity index is 1.58.